The Bertz CT molecular complexity index is 664. The van der Waals surface area contributed by atoms with Crippen LogP contribution in [0.5, 0.6) is 0 Å². The number of nitrogens with one attached hydrogen (secondary N) is 1. The summed E-state index contributed by atoms with van der Waals surface area (Å²) in [7, 11) is -2.05. The van der Waals surface area contributed by atoms with E-state index in [1.165, 1.54) is 26.1 Å². The fourth-order valence-electron chi connectivity index (χ4n) is 3.79. The molecule has 1 aliphatic heterocycles. The Morgan fingerprint density at radius 2 is 1.91 bits per heavy atom. The topological polar surface area (TPSA) is 71.5 Å². The predicted octanol–water partition coefficient (Wildman–Crippen LogP) is 1.92. The Morgan fingerprint density at radius 3 is 2.48 bits per heavy atom. The number of morpholine rings is 1. The second kappa shape index (κ2) is 5.72. The van der Waals surface area contributed by atoms with Crippen molar-refractivity contribution in [3.8, 4) is 0 Å². The summed E-state index contributed by atoms with van der Waals surface area (Å²) in [5.74, 6) is 0.808. The van der Waals surface area contributed by atoms with Crippen molar-refractivity contribution in [2.75, 3.05) is 25.0 Å². The van der Waals surface area contributed by atoms with Gasteiger partial charge in [0.25, 0.3) is 0 Å². The maximum atomic E-state index is 11.8. The quantitative estimate of drug-likeness (QED) is 0.911. The van der Waals surface area contributed by atoms with Gasteiger partial charge in [0, 0.05) is 19.3 Å². The van der Waals surface area contributed by atoms with E-state index in [1.807, 2.05) is 0 Å². The lowest BCUT2D eigenvalue weighted by molar-refractivity contribution is -0.148. The molecule has 0 unspecified atom stereocenters. The zero-order valence-electron chi connectivity index (χ0n) is 14.0. The number of aromatic nitrogens is 1. The van der Waals surface area contributed by atoms with E-state index in [4.69, 9.17) is 4.74 Å². The van der Waals surface area contributed by atoms with Gasteiger partial charge >= 0.3 is 0 Å². The Kier molecular flexibility index (Phi) is 4.14. The van der Waals surface area contributed by atoms with Crippen molar-refractivity contribution in [2.45, 2.75) is 55.6 Å². The molecule has 23 heavy (non-hydrogen) atoms. The molecular weight excluding hydrogens is 314 g/mol. The lowest BCUT2D eigenvalue weighted by Gasteiger charge is -2.49. The first kappa shape index (κ1) is 16.7. The van der Waals surface area contributed by atoms with E-state index in [0.717, 1.165) is 31.7 Å². The molecule has 0 amide bonds. The van der Waals surface area contributed by atoms with Gasteiger partial charge in [-0.05, 0) is 45.9 Å². The molecule has 2 aliphatic rings. The molecule has 1 spiro atoms. The molecule has 128 valence electrons. The normalized spacial score (nSPS) is 23.3. The summed E-state index contributed by atoms with van der Waals surface area (Å²) >= 11 is 0. The lowest BCUT2D eigenvalue weighted by Crippen LogP contribution is -2.59. The van der Waals surface area contributed by atoms with Crippen molar-refractivity contribution in [1.29, 1.82) is 0 Å². The molecular formula is C16H25N3O3S. The standard InChI is InChI=1S/C16H25N3O3S/c1-15(2)11-19(12-16(22-15)8-4-5-9-16)14-7-6-13(10-18-14)23(20,21)17-3/h6-7,10,17H,4-5,8-9,11-12H2,1-3H3. The van der Waals surface area contributed by atoms with Crippen molar-refractivity contribution in [1.82, 2.24) is 9.71 Å². The Balaban J connectivity index is 1.86. The Labute approximate surface area is 138 Å². The van der Waals surface area contributed by atoms with Crippen LogP contribution in [0.15, 0.2) is 23.2 Å². The highest BCUT2D eigenvalue weighted by atomic mass is 32.2. The van der Waals surface area contributed by atoms with E-state index in [9.17, 15) is 8.42 Å². The first-order valence-corrected chi connectivity index (χ1v) is 9.58. The Morgan fingerprint density at radius 1 is 1.22 bits per heavy atom. The average molecular weight is 339 g/mol. The van der Waals surface area contributed by atoms with Gasteiger partial charge in [-0.25, -0.2) is 18.1 Å². The van der Waals surface area contributed by atoms with Crippen molar-refractivity contribution in [3.05, 3.63) is 18.3 Å². The molecule has 2 heterocycles. The smallest absolute Gasteiger partial charge is 0.241 e. The summed E-state index contributed by atoms with van der Waals surface area (Å²) in [5, 5.41) is 0. The van der Waals surface area contributed by atoms with Crippen LogP contribution in [0.2, 0.25) is 0 Å². The molecule has 3 rings (SSSR count). The summed E-state index contributed by atoms with van der Waals surface area (Å²) < 4.78 is 32.3. The zero-order chi connectivity index (χ0) is 16.7. The molecule has 2 fully saturated rings. The minimum absolute atomic E-state index is 0.0842. The Hall–Kier alpha value is -1.18. The SMILES string of the molecule is CNS(=O)(=O)c1ccc(N2CC(C)(C)OC3(CCCC3)C2)nc1. The van der Waals surface area contributed by atoms with Crippen LogP contribution in [0.1, 0.15) is 39.5 Å². The molecule has 1 saturated carbocycles. The highest BCUT2D eigenvalue weighted by Crippen LogP contribution is 2.41. The van der Waals surface area contributed by atoms with Gasteiger partial charge in [0.2, 0.25) is 10.0 Å². The second-order valence-electron chi connectivity index (χ2n) is 7.17. The largest absolute Gasteiger partial charge is 0.365 e. The maximum absolute atomic E-state index is 11.8. The number of pyridine rings is 1. The van der Waals surface area contributed by atoms with Crippen LogP contribution in [0.4, 0.5) is 5.82 Å². The number of hydrogen-bond acceptors (Lipinski definition) is 5. The third kappa shape index (κ3) is 3.36. The third-order valence-electron chi connectivity index (χ3n) is 4.68. The van der Waals surface area contributed by atoms with Gasteiger partial charge in [0.05, 0.1) is 11.2 Å². The van der Waals surface area contributed by atoms with Gasteiger partial charge in [-0.15, -0.1) is 0 Å². The van der Waals surface area contributed by atoms with Crippen molar-refractivity contribution in [2.24, 2.45) is 0 Å². The minimum Gasteiger partial charge on any atom is -0.365 e. The highest BCUT2D eigenvalue weighted by Gasteiger charge is 2.46. The molecule has 0 bridgehead atoms. The molecule has 6 nitrogen and oxygen atoms in total. The van der Waals surface area contributed by atoms with Crippen molar-refractivity contribution in [3.63, 3.8) is 0 Å². The van der Waals surface area contributed by atoms with E-state index in [-0.39, 0.29) is 16.1 Å². The monoisotopic (exact) mass is 339 g/mol. The highest BCUT2D eigenvalue weighted by molar-refractivity contribution is 7.89. The zero-order valence-corrected chi connectivity index (χ0v) is 14.8. The number of hydrogen-bond donors (Lipinski definition) is 1. The fourth-order valence-corrected chi connectivity index (χ4v) is 4.47. The summed E-state index contributed by atoms with van der Waals surface area (Å²) in [6.07, 6.45) is 6.00. The molecule has 1 aromatic rings. The molecule has 1 saturated heterocycles. The van der Waals surface area contributed by atoms with Crippen LogP contribution in [0.25, 0.3) is 0 Å². The number of ether oxygens (including phenoxy) is 1. The summed E-state index contributed by atoms with van der Waals surface area (Å²) in [6.45, 7) is 5.79. The molecule has 1 aliphatic carbocycles. The average Bonchev–Trinajstić information content (AvgIpc) is 2.93. The van der Waals surface area contributed by atoms with Crippen LogP contribution in [0.3, 0.4) is 0 Å². The van der Waals surface area contributed by atoms with Crippen LogP contribution < -0.4 is 9.62 Å². The summed E-state index contributed by atoms with van der Waals surface area (Å²) in [6, 6.07) is 3.40. The number of anilines is 1. The molecule has 1 N–H and O–H groups in total. The first-order chi connectivity index (χ1) is 10.8. The fraction of sp³-hybridized carbons (Fsp3) is 0.688. The van der Waals surface area contributed by atoms with Crippen LogP contribution >= 0.6 is 0 Å². The van der Waals surface area contributed by atoms with Crippen LogP contribution in [-0.2, 0) is 14.8 Å². The van der Waals surface area contributed by atoms with Crippen molar-refractivity contribution >= 4 is 15.8 Å². The second-order valence-corrected chi connectivity index (χ2v) is 9.05. The lowest BCUT2D eigenvalue weighted by atomic mass is 9.94. The predicted molar refractivity (Wildman–Crippen MR) is 89.1 cm³/mol. The van der Waals surface area contributed by atoms with Crippen LogP contribution in [0, 0.1) is 0 Å². The molecule has 1 aromatic heterocycles. The van der Waals surface area contributed by atoms with E-state index >= 15 is 0 Å². The van der Waals surface area contributed by atoms with Gasteiger partial charge in [-0.1, -0.05) is 12.8 Å². The van der Waals surface area contributed by atoms with Gasteiger partial charge in [-0.3, -0.25) is 0 Å². The summed E-state index contributed by atoms with van der Waals surface area (Å²) in [5.41, 5.74) is -0.320. The van der Waals surface area contributed by atoms with Gasteiger partial charge in [0.15, 0.2) is 0 Å². The first-order valence-electron chi connectivity index (χ1n) is 8.10. The molecule has 7 heteroatoms. The minimum atomic E-state index is -3.45. The van der Waals surface area contributed by atoms with E-state index in [0.29, 0.717) is 0 Å². The molecule has 0 radical (unpaired) electrons. The molecule has 0 aromatic carbocycles. The maximum Gasteiger partial charge on any atom is 0.241 e. The number of nitrogens with zero attached hydrogens (tertiary/aromatic N) is 2. The number of sulfonamides is 1. The van der Waals surface area contributed by atoms with E-state index in [2.05, 4.69) is 28.5 Å². The number of rotatable bonds is 3. The van der Waals surface area contributed by atoms with E-state index < -0.39 is 10.0 Å². The summed E-state index contributed by atoms with van der Waals surface area (Å²) in [4.78, 5) is 6.80. The van der Waals surface area contributed by atoms with Gasteiger partial charge < -0.3 is 9.64 Å². The van der Waals surface area contributed by atoms with Gasteiger partial charge in [0.1, 0.15) is 10.7 Å². The van der Waals surface area contributed by atoms with Crippen molar-refractivity contribution < 1.29 is 13.2 Å². The van der Waals surface area contributed by atoms with E-state index in [1.54, 1.807) is 12.1 Å². The van der Waals surface area contributed by atoms with Gasteiger partial charge in [-0.2, -0.15) is 0 Å². The third-order valence-corrected chi connectivity index (χ3v) is 6.08. The molecule has 0 atom stereocenters. The van der Waals surface area contributed by atoms with Crippen LogP contribution in [-0.4, -0.2) is 44.7 Å².